The summed E-state index contributed by atoms with van der Waals surface area (Å²) in [5.41, 5.74) is 0.589. The fraction of sp³-hybridized carbons (Fsp3) is 0.0833. The molecule has 0 radical (unpaired) electrons. The highest BCUT2D eigenvalue weighted by atomic mass is 35.5. The number of anilines is 1. The zero-order valence-corrected chi connectivity index (χ0v) is 11.5. The smallest absolute Gasteiger partial charge is 0.200 e. The second kappa shape index (κ2) is 6.22. The van der Waals surface area contributed by atoms with Gasteiger partial charge in [0, 0.05) is 12.4 Å². The molecular weight excluding hydrogens is 331 g/mol. The van der Waals surface area contributed by atoms with Crippen LogP contribution in [0.2, 0.25) is 5.15 Å². The third kappa shape index (κ3) is 2.84. The van der Waals surface area contributed by atoms with Crippen LogP contribution in [0.25, 0.3) is 0 Å². The Kier molecular flexibility index (Phi) is 4.55. The minimum atomic E-state index is -2.24. The predicted octanol–water partition coefficient (Wildman–Crippen LogP) is 3.66. The second-order valence-corrected chi connectivity index (χ2v) is 4.31. The molecule has 4 nitrogen and oxygen atoms in total. The van der Waals surface area contributed by atoms with Gasteiger partial charge in [-0.3, -0.25) is 5.43 Å². The first kappa shape index (κ1) is 16.1. The van der Waals surface area contributed by atoms with Gasteiger partial charge in [0.05, 0.1) is 11.3 Å². The summed E-state index contributed by atoms with van der Waals surface area (Å²) in [6.45, 7) is 1.05. The fourth-order valence-corrected chi connectivity index (χ4v) is 1.66. The summed E-state index contributed by atoms with van der Waals surface area (Å²) in [4.78, 5) is 7.39. The maximum absolute atomic E-state index is 13.6. The Morgan fingerprint density at radius 2 is 1.45 bits per heavy atom. The van der Waals surface area contributed by atoms with E-state index in [1.165, 1.54) is 12.4 Å². The summed E-state index contributed by atoms with van der Waals surface area (Å²) < 4.78 is 66.3. The van der Waals surface area contributed by atoms with Crippen molar-refractivity contribution in [3.05, 3.63) is 52.2 Å². The number of nitrogens with one attached hydrogen (secondary N) is 1. The van der Waals surface area contributed by atoms with Crippen molar-refractivity contribution in [1.82, 2.24) is 9.97 Å². The van der Waals surface area contributed by atoms with Gasteiger partial charge < -0.3 is 0 Å². The molecule has 0 atom stereocenters. The lowest BCUT2D eigenvalue weighted by Crippen LogP contribution is -2.12. The standard InChI is InChI=1S/C12H6ClF5N4/c1-4(21-22-12-11(13)19-2-3-20-12)5-6(14)8(16)10(18)9(17)7(5)15/h2-3H,1H3,(H,20,22). The maximum atomic E-state index is 13.6. The number of nitrogens with zero attached hydrogens (tertiary/aromatic N) is 3. The molecule has 0 spiro atoms. The molecule has 0 aliphatic rings. The lowest BCUT2D eigenvalue weighted by Gasteiger charge is -2.08. The molecular formula is C12H6ClF5N4. The van der Waals surface area contributed by atoms with Crippen molar-refractivity contribution >= 4 is 23.1 Å². The van der Waals surface area contributed by atoms with Gasteiger partial charge in [-0.05, 0) is 6.92 Å². The highest BCUT2D eigenvalue weighted by Crippen LogP contribution is 2.24. The normalized spacial score (nSPS) is 11.7. The molecule has 0 saturated carbocycles. The van der Waals surface area contributed by atoms with Crippen LogP contribution in [-0.2, 0) is 0 Å². The summed E-state index contributed by atoms with van der Waals surface area (Å²) in [5, 5.41) is 3.42. The van der Waals surface area contributed by atoms with Gasteiger partial charge in [-0.1, -0.05) is 11.6 Å². The van der Waals surface area contributed by atoms with E-state index in [9.17, 15) is 22.0 Å². The summed E-state index contributed by atoms with van der Waals surface area (Å²) in [7, 11) is 0. The number of hydrazone groups is 1. The van der Waals surface area contributed by atoms with Crippen molar-refractivity contribution in [2.75, 3.05) is 5.43 Å². The zero-order chi connectivity index (χ0) is 16.4. The predicted molar refractivity (Wildman–Crippen MR) is 69.1 cm³/mol. The van der Waals surface area contributed by atoms with Crippen LogP contribution < -0.4 is 5.43 Å². The molecule has 0 bridgehead atoms. The van der Waals surface area contributed by atoms with E-state index in [4.69, 9.17) is 11.6 Å². The average Bonchev–Trinajstić information content (AvgIpc) is 2.50. The SMILES string of the molecule is CC(=NNc1nccnc1Cl)c1c(F)c(F)c(F)c(F)c1F. The minimum absolute atomic E-state index is 0.0487. The first-order valence-corrected chi connectivity index (χ1v) is 6.01. The Bertz CT molecular complexity index is 736. The van der Waals surface area contributed by atoms with Gasteiger partial charge in [0.25, 0.3) is 0 Å². The average molecular weight is 337 g/mol. The largest absolute Gasteiger partial charge is 0.259 e. The molecule has 0 saturated heterocycles. The van der Waals surface area contributed by atoms with Crippen molar-refractivity contribution in [2.45, 2.75) is 6.92 Å². The van der Waals surface area contributed by atoms with Crippen LogP contribution in [-0.4, -0.2) is 15.7 Å². The van der Waals surface area contributed by atoms with Crippen molar-refractivity contribution in [2.24, 2.45) is 5.10 Å². The van der Waals surface area contributed by atoms with E-state index in [2.05, 4.69) is 20.5 Å². The summed E-state index contributed by atoms with van der Waals surface area (Å²) in [6, 6.07) is 0. The first-order valence-electron chi connectivity index (χ1n) is 5.63. The lowest BCUT2D eigenvalue weighted by atomic mass is 10.1. The van der Waals surface area contributed by atoms with E-state index in [0.717, 1.165) is 6.92 Å². The van der Waals surface area contributed by atoms with Gasteiger partial charge in [0.1, 0.15) is 0 Å². The summed E-state index contributed by atoms with van der Waals surface area (Å²) >= 11 is 5.66. The van der Waals surface area contributed by atoms with Crippen LogP contribution in [0.1, 0.15) is 12.5 Å². The monoisotopic (exact) mass is 336 g/mol. The number of hydrogen-bond acceptors (Lipinski definition) is 4. The fourth-order valence-electron chi connectivity index (χ4n) is 1.51. The number of benzene rings is 1. The Balaban J connectivity index is 2.44. The molecule has 2 rings (SSSR count). The Morgan fingerprint density at radius 1 is 0.955 bits per heavy atom. The molecule has 0 unspecified atom stereocenters. The number of hydrogen-bond donors (Lipinski definition) is 1. The minimum Gasteiger partial charge on any atom is -0.259 e. The van der Waals surface area contributed by atoms with Crippen molar-refractivity contribution in [3.63, 3.8) is 0 Å². The van der Waals surface area contributed by atoms with Gasteiger partial charge in [0.2, 0.25) is 5.82 Å². The van der Waals surface area contributed by atoms with E-state index in [-0.39, 0.29) is 11.0 Å². The topological polar surface area (TPSA) is 50.2 Å². The van der Waals surface area contributed by atoms with Crippen LogP contribution in [0, 0.1) is 29.1 Å². The van der Waals surface area contributed by atoms with Gasteiger partial charge in [-0.25, -0.2) is 31.9 Å². The third-order valence-electron chi connectivity index (χ3n) is 2.55. The van der Waals surface area contributed by atoms with Crippen LogP contribution >= 0.6 is 11.6 Å². The van der Waals surface area contributed by atoms with Gasteiger partial charge in [-0.15, -0.1) is 0 Å². The molecule has 1 heterocycles. The first-order chi connectivity index (χ1) is 10.3. The van der Waals surface area contributed by atoms with Crippen LogP contribution in [0.5, 0.6) is 0 Å². The Labute approximate surface area is 125 Å². The molecule has 116 valence electrons. The summed E-state index contributed by atoms with van der Waals surface area (Å²) in [5.74, 6) is -10.4. The van der Waals surface area contributed by atoms with Gasteiger partial charge in [0.15, 0.2) is 34.2 Å². The van der Waals surface area contributed by atoms with E-state index in [1.807, 2.05) is 0 Å². The molecule has 10 heteroatoms. The second-order valence-electron chi connectivity index (χ2n) is 3.95. The van der Waals surface area contributed by atoms with Crippen molar-refractivity contribution in [1.29, 1.82) is 0 Å². The van der Waals surface area contributed by atoms with Crippen LogP contribution in [0.3, 0.4) is 0 Å². The lowest BCUT2D eigenvalue weighted by molar-refractivity contribution is 0.377. The van der Waals surface area contributed by atoms with E-state index < -0.39 is 40.4 Å². The number of rotatable bonds is 3. The van der Waals surface area contributed by atoms with E-state index in [1.54, 1.807) is 0 Å². The van der Waals surface area contributed by atoms with E-state index in [0.29, 0.717) is 0 Å². The van der Waals surface area contributed by atoms with Crippen molar-refractivity contribution in [3.8, 4) is 0 Å². The molecule has 22 heavy (non-hydrogen) atoms. The van der Waals surface area contributed by atoms with Crippen molar-refractivity contribution < 1.29 is 22.0 Å². The zero-order valence-electron chi connectivity index (χ0n) is 10.8. The Morgan fingerprint density at radius 3 is 2.00 bits per heavy atom. The summed E-state index contributed by atoms with van der Waals surface area (Å²) in [6.07, 6.45) is 2.55. The number of halogens is 6. The Hall–Kier alpha value is -2.29. The third-order valence-corrected chi connectivity index (χ3v) is 2.83. The molecule has 1 aromatic heterocycles. The molecule has 1 aromatic carbocycles. The van der Waals surface area contributed by atoms with E-state index >= 15 is 0 Å². The quantitative estimate of drug-likeness (QED) is 0.306. The van der Waals surface area contributed by atoms with Crippen LogP contribution in [0.15, 0.2) is 17.5 Å². The highest BCUT2D eigenvalue weighted by Gasteiger charge is 2.27. The molecule has 0 fully saturated rings. The molecule has 0 aliphatic carbocycles. The van der Waals surface area contributed by atoms with Crippen LogP contribution in [0.4, 0.5) is 27.8 Å². The molecule has 1 N–H and O–H groups in total. The maximum Gasteiger partial charge on any atom is 0.200 e. The molecule has 0 amide bonds. The molecule has 0 aliphatic heterocycles. The van der Waals surface area contributed by atoms with Gasteiger partial charge in [-0.2, -0.15) is 5.10 Å². The molecule has 2 aromatic rings. The number of aromatic nitrogens is 2. The van der Waals surface area contributed by atoms with Gasteiger partial charge >= 0.3 is 0 Å². The highest BCUT2D eigenvalue weighted by molar-refractivity contribution is 6.31.